The van der Waals surface area contributed by atoms with Gasteiger partial charge in [-0.2, -0.15) is 12.6 Å². The van der Waals surface area contributed by atoms with E-state index in [0.717, 1.165) is 0 Å². The van der Waals surface area contributed by atoms with Crippen molar-refractivity contribution in [1.82, 2.24) is 10.6 Å². The third kappa shape index (κ3) is 8.87. The van der Waals surface area contributed by atoms with Crippen molar-refractivity contribution in [2.24, 2.45) is 5.73 Å². The second kappa shape index (κ2) is 10.00. The van der Waals surface area contributed by atoms with Crippen molar-refractivity contribution in [2.45, 2.75) is 31.3 Å². The van der Waals surface area contributed by atoms with Gasteiger partial charge < -0.3 is 26.6 Å². The highest BCUT2D eigenvalue weighted by Gasteiger charge is 2.21. The van der Waals surface area contributed by atoms with Crippen molar-refractivity contribution >= 4 is 36.4 Å². The standard InChI is InChI=1S/C11H19N3O6S/c12-6(11(19)20)1-2-8(15)14-7(3-4-21)10(18)13-5-9(16)17/h6-7,21H,1-5,12H2,(H,13,18)(H,14,15)(H,16,17)(H,19,20)/t6-,7+/m0/s1. The molecule has 0 spiro atoms. The minimum atomic E-state index is -1.21. The monoisotopic (exact) mass is 321 g/mol. The van der Waals surface area contributed by atoms with Gasteiger partial charge in [0.1, 0.15) is 18.6 Å². The molecule has 0 aliphatic rings. The van der Waals surface area contributed by atoms with Crippen LogP contribution in [0.3, 0.4) is 0 Å². The topological polar surface area (TPSA) is 159 Å². The molecule has 21 heavy (non-hydrogen) atoms. The Morgan fingerprint density at radius 3 is 2.24 bits per heavy atom. The maximum Gasteiger partial charge on any atom is 0.322 e. The summed E-state index contributed by atoms with van der Waals surface area (Å²) >= 11 is 3.95. The zero-order valence-corrected chi connectivity index (χ0v) is 12.1. The van der Waals surface area contributed by atoms with Gasteiger partial charge in [-0.25, -0.2) is 0 Å². The number of nitrogens with one attached hydrogen (secondary N) is 2. The molecule has 10 heteroatoms. The second-order valence-corrected chi connectivity index (χ2v) is 4.67. The van der Waals surface area contributed by atoms with Crippen LogP contribution in [0, 0.1) is 0 Å². The minimum Gasteiger partial charge on any atom is -0.480 e. The quantitative estimate of drug-likeness (QED) is 0.258. The van der Waals surface area contributed by atoms with E-state index in [2.05, 4.69) is 23.3 Å². The number of aliphatic carboxylic acids is 2. The van der Waals surface area contributed by atoms with Crippen molar-refractivity contribution in [3.05, 3.63) is 0 Å². The van der Waals surface area contributed by atoms with E-state index in [0.29, 0.717) is 5.75 Å². The zero-order valence-electron chi connectivity index (χ0n) is 11.2. The molecule has 0 aromatic rings. The molecule has 9 nitrogen and oxygen atoms in total. The summed E-state index contributed by atoms with van der Waals surface area (Å²) in [5.74, 6) is -3.29. The van der Waals surface area contributed by atoms with Gasteiger partial charge in [-0.15, -0.1) is 0 Å². The summed E-state index contributed by atoms with van der Waals surface area (Å²) in [6.45, 7) is -0.554. The van der Waals surface area contributed by atoms with Gasteiger partial charge in [0.05, 0.1) is 0 Å². The Hall–Kier alpha value is -1.81. The summed E-state index contributed by atoms with van der Waals surface area (Å²) in [4.78, 5) is 44.2. The van der Waals surface area contributed by atoms with Crippen molar-refractivity contribution in [3.8, 4) is 0 Å². The lowest BCUT2D eigenvalue weighted by Gasteiger charge is -2.17. The molecule has 0 unspecified atom stereocenters. The third-order valence-corrected chi connectivity index (χ3v) is 2.74. The Kier molecular flexibility index (Phi) is 9.13. The number of carboxylic acids is 2. The van der Waals surface area contributed by atoms with E-state index in [-0.39, 0.29) is 19.3 Å². The minimum absolute atomic E-state index is 0.0640. The van der Waals surface area contributed by atoms with E-state index >= 15 is 0 Å². The van der Waals surface area contributed by atoms with Crippen LogP contribution in [-0.4, -0.2) is 58.3 Å². The lowest BCUT2D eigenvalue weighted by Crippen LogP contribution is -2.48. The first-order valence-electron chi connectivity index (χ1n) is 6.16. The normalized spacial score (nSPS) is 13.0. The number of hydrogen-bond donors (Lipinski definition) is 6. The first-order valence-corrected chi connectivity index (χ1v) is 6.79. The van der Waals surface area contributed by atoms with E-state index in [1.807, 2.05) is 0 Å². The average molecular weight is 321 g/mol. The van der Waals surface area contributed by atoms with Gasteiger partial charge in [-0.05, 0) is 18.6 Å². The number of hydrogen-bond acceptors (Lipinski definition) is 6. The lowest BCUT2D eigenvalue weighted by molar-refractivity contribution is -0.139. The van der Waals surface area contributed by atoms with E-state index in [9.17, 15) is 19.2 Å². The molecule has 0 aliphatic heterocycles. The molecule has 120 valence electrons. The van der Waals surface area contributed by atoms with Crippen LogP contribution in [0.1, 0.15) is 19.3 Å². The molecule has 2 amide bonds. The van der Waals surface area contributed by atoms with Crippen LogP contribution in [0.5, 0.6) is 0 Å². The molecule has 0 saturated heterocycles. The summed E-state index contributed by atoms with van der Waals surface area (Å²) in [5, 5.41) is 21.6. The lowest BCUT2D eigenvalue weighted by atomic mass is 10.1. The van der Waals surface area contributed by atoms with Gasteiger partial charge in [0.15, 0.2) is 0 Å². The number of carbonyl (C=O) groups is 4. The molecule has 0 heterocycles. The molecule has 0 saturated carbocycles. The average Bonchev–Trinajstić information content (AvgIpc) is 2.41. The van der Waals surface area contributed by atoms with Crippen LogP contribution in [0.25, 0.3) is 0 Å². The Balaban J connectivity index is 4.35. The van der Waals surface area contributed by atoms with E-state index < -0.39 is 42.4 Å². The number of carbonyl (C=O) groups excluding carboxylic acids is 2. The largest absolute Gasteiger partial charge is 0.480 e. The summed E-state index contributed by atoms with van der Waals surface area (Å²) < 4.78 is 0. The van der Waals surface area contributed by atoms with Crippen LogP contribution in [0.2, 0.25) is 0 Å². The van der Waals surface area contributed by atoms with Gasteiger partial charge in [0.25, 0.3) is 0 Å². The first-order chi connectivity index (χ1) is 9.77. The predicted octanol–water partition coefficient (Wildman–Crippen LogP) is -1.82. The van der Waals surface area contributed by atoms with E-state index in [4.69, 9.17) is 15.9 Å². The maximum absolute atomic E-state index is 11.7. The number of nitrogens with two attached hydrogens (primary N) is 1. The van der Waals surface area contributed by atoms with Crippen molar-refractivity contribution < 1.29 is 29.4 Å². The molecule has 0 radical (unpaired) electrons. The molecule has 6 N–H and O–H groups in total. The highest BCUT2D eigenvalue weighted by Crippen LogP contribution is 1.99. The Labute approximate surface area is 126 Å². The molecular weight excluding hydrogens is 302 g/mol. The van der Waals surface area contributed by atoms with E-state index in [1.165, 1.54) is 0 Å². The smallest absolute Gasteiger partial charge is 0.322 e. The summed E-state index contributed by atoms with van der Waals surface area (Å²) in [6, 6.07) is -2.07. The van der Waals surface area contributed by atoms with Crippen LogP contribution in [-0.2, 0) is 19.2 Å². The third-order valence-electron chi connectivity index (χ3n) is 2.48. The highest BCUT2D eigenvalue weighted by molar-refractivity contribution is 7.80. The maximum atomic E-state index is 11.7. The van der Waals surface area contributed by atoms with Gasteiger partial charge in [0, 0.05) is 6.42 Å². The summed E-state index contributed by atoms with van der Waals surface area (Å²) in [7, 11) is 0. The van der Waals surface area contributed by atoms with Gasteiger partial charge in [-0.1, -0.05) is 0 Å². The van der Waals surface area contributed by atoms with Gasteiger partial charge >= 0.3 is 11.9 Å². The van der Waals surface area contributed by atoms with Crippen LogP contribution in [0.4, 0.5) is 0 Å². The summed E-state index contributed by atoms with van der Waals surface area (Å²) in [5.41, 5.74) is 5.26. The number of carboxylic acid groups (broad SMARTS) is 2. The van der Waals surface area contributed by atoms with Crippen molar-refractivity contribution in [1.29, 1.82) is 0 Å². The fourth-order valence-electron chi connectivity index (χ4n) is 1.36. The zero-order chi connectivity index (χ0) is 16.4. The molecule has 0 fully saturated rings. The van der Waals surface area contributed by atoms with Gasteiger partial charge in [0.2, 0.25) is 11.8 Å². The van der Waals surface area contributed by atoms with Crippen molar-refractivity contribution in [3.63, 3.8) is 0 Å². The molecule has 0 aromatic carbocycles. The Morgan fingerprint density at radius 2 is 1.76 bits per heavy atom. The molecule has 0 aromatic heterocycles. The predicted molar refractivity (Wildman–Crippen MR) is 75.9 cm³/mol. The molecule has 0 rings (SSSR count). The van der Waals surface area contributed by atoms with Crippen LogP contribution < -0.4 is 16.4 Å². The molecule has 0 bridgehead atoms. The van der Waals surface area contributed by atoms with Crippen LogP contribution >= 0.6 is 12.6 Å². The Bertz CT molecular complexity index is 403. The Morgan fingerprint density at radius 1 is 1.14 bits per heavy atom. The van der Waals surface area contributed by atoms with Crippen LogP contribution in [0.15, 0.2) is 0 Å². The van der Waals surface area contributed by atoms with E-state index in [1.54, 1.807) is 0 Å². The summed E-state index contributed by atoms with van der Waals surface area (Å²) in [6.07, 6.45) is -0.000453. The number of thiol groups is 1. The molecule has 2 atom stereocenters. The SMILES string of the molecule is N[C@@H](CCC(=O)N[C@H](CCS)C(=O)NCC(=O)O)C(=O)O. The number of rotatable bonds is 10. The fraction of sp³-hybridized carbons (Fsp3) is 0.636. The molecular formula is C11H19N3O6S. The first kappa shape index (κ1) is 19.2. The highest BCUT2D eigenvalue weighted by atomic mass is 32.1. The number of amides is 2. The van der Waals surface area contributed by atoms with Gasteiger partial charge in [-0.3, -0.25) is 19.2 Å². The molecule has 0 aliphatic carbocycles. The second-order valence-electron chi connectivity index (χ2n) is 4.23. The van der Waals surface area contributed by atoms with Crippen molar-refractivity contribution in [2.75, 3.05) is 12.3 Å². The fourth-order valence-corrected chi connectivity index (χ4v) is 1.62.